The molecular formula is C18H22N2O4S. The van der Waals surface area contributed by atoms with Crippen LogP contribution in [0.4, 0.5) is 5.69 Å². The third kappa shape index (κ3) is 4.73. The molecule has 0 saturated heterocycles. The first-order valence-electron chi connectivity index (χ1n) is 7.94. The maximum atomic E-state index is 12.5. The van der Waals surface area contributed by atoms with Crippen molar-refractivity contribution < 1.29 is 17.9 Å². The van der Waals surface area contributed by atoms with Crippen LogP contribution in [0.15, 0.2) is 53.4 Å². The predicted molar refractivity (Wildman–Crippen MR) is 97.5 cm³/mol. The van der Waals surface area contributed by atoms with E-state index in [1.165, 1.54) is 31.4 Å². The zero-order valence-electron chi connectivity index (χ0n) is 14.4. The van der Waals surface area contributed by atoms with Crippen molar-refractivity contribution in [3.05, 3.63) is 54.1 Å². The molecule has 2 N–H and O–H groups in total. The fraction of sp³-hybridized carbons (Fsp3) is 0.278. The summed E-state index contributed by atoms with van der Waals surface area (Å²) in [6, 6.07) is 12.6. The third-order valence-corrected chi connectivity index (χ3v) is 5.15. The summed E-state index contributed by atoms with van der Waals surface area (Å²) in [6.07, 6.45) is 0.820. The van der Waals surface area contributed by atoms with Crippen LogP contribution < -0.4 is 14.8 Å². The molecule has 0 aliphatic heterocycles. The lowest BCUT2D eigenvalue weighted by Crippen LogP contribution is -2.31. The summed E-state index contributed by atoms with van der Waals surface area (Å²) in [5, 5.41) is 2.84. The van der Waals surface area contributed by atoms with Gasteiger partial charge in [-0.25, -0.2) is 8.42 Å². The number of para-hydroxylation sites is 2. The molecule has 0 heterocycles. The van der Waals surface area contributed by atoms with E-state index in [1.807, 2.05) is 13.8 Å². The highest BCUT2D eigenvalue weighted by Crippen LogP contribution is 2.26. The van der Waals surface area contributed by atoms with E-state index in [4.69, 9.17) is 4.74 Å². The van der Waals surface area contributed by atoms with Crippen molar-refractivity contribution in [2.45, 2.75) is 31.2 Å². The molecule has 0 bridgehead atoms. The molecule has 0 aliphatic carbocycles. The molecule has 1 unspecified atom stereocenters. The minimum Gasteiger partial charge on any atom is -0.495 e. The summed E-state index contributed by atoms with van der Waals surface area (Å²) in [4.78, 5) is 12.1. The molecule has 0 aliphatic rings. The molecule has 0 fully saturated rings. The minimum atomic E-state index is -3.78. The van der Waals surface area contributed by atoms with Gasteiger partial charge in [0.15, 0.2) is 0 Å². The molecule has 2 aromatic carbocycles. The van der Waals surface area contributed by atoms with E-state index in [2.05, 4.69) is 10.0 Å². The molecule has 0 radical (unpaired) electrons. The average Bonchev–Trinajstić information content (AvgIpc) is 2.61. The summed E-state index contributed by atoms with van der Waals surface area (Å²) in [7, 11) is -2.31. The van der Waals surface area contributed by atoms with Crippen LogP contribution in [-0.2, 0) is 10.0 Å². The number of benzene rings is 2. The Morgan fingerprint density at radius 1 is 1.12 bits per heavy atom. The quantitative estimate of drug-likeness (QED) is 0.793. The fourth-order valence-electron chi connectivity index (χ4n) is 2.13. The Hall–Kier alpha value is -2.54. The Labute approximate surface area is 148 Å². The number of ether oxygens (including phenoxy) is 1. The first-order chi connectivity index (χ1) is 11.9. The van der Waals surface area contributed by atoms with Crippen LogP contribution in [0.3, 0.4) is 0 Å². The van der Waals surface area contributed by atoms with Crippen molar-refractivity contribution in [2.75, 3.05) is 11.8 Å². The highest BCUT2D eigenvalue weighted by atomic mass is 32.2. The van der Waals surface area contributed by atoms with Gasteiger partial charge in [-0.2, -0.15) is 0 Å². The zero-order valence-corrected chi connectivity index (χ0v) is 15.3. The van der Waals surface area contributed by atoms with Crippen molar-refractivity contribution in [2.24, 2.45) is 0 Å². The number of hydrogen-bond acceptors (Lipinski definition) is 4. The highest BCUT2D eigenvalue weighted by molar-refractivity contribution is 7.92. The van der Waals surface area contributed by atoms with Gasteiger partial charge >= 0.3 is 0 Å². The molecule has 2 aromatic rings. The second-order valence-electron chi connectivity index (χ2n) is 5.61. The summed E-state index contributed by atoms with van der Waals surface area (Å²) in [5.41, 5.74) is 0.764. The van der Waals surface area contributed by atoms with E-state index in [1.54, 1.807) is 24.3 Å². The Morgan fingerprint density at radius 3 is 2.36 bits per heavy atom. The van der Waals surface area contributed by atoms with Crippen LogP contribution in [0.5, 0.6) is 5.75 Å². The number of sulfonamides is 1. The standard InChI is InChI=1S/C18H22N2O4S/c1-4-13(2)19-18(21)14-9-11-15(12-10-14)25(22,23)20-16-7-5-6-8-17(16)24-3/h5-13,20H,4H2,1-3H3,(H,19,21). The van der Waals surface area contributed by atoms with Gasteiger partial charge in [0.1, 0.15) is 5.75 Å². The van der Waals surface area contributed by atoms with E-state index in [-0.39, 0.29) is 16.8 Å². The molecule has 134 valence electrons. The number of hydrogen-bond donors (Lipinski definition) is 2. The Kier molecular flexibility index (Phi) is 6.03. The molecule has 1 amide bonds. The smallest absolute Gasteiger partial charge is 0.262 e. The Balaban J connectivity index is 2.19. The van der Waals surface area contributed by atoms with E-state index in [9.17, 15) is 13.2 Å². The van der Waals surface area contributed by atoms with Crippen LogP contribution in [0, 0.1) is 0 Å². The van der Waals surface area contributed by atoms with Gasteiger partial charge in [0, 0.05) is 11.6 Å². The van der Waals surface area contributed by atoms with Crippen LogP contribution in [-0.4, -0.2) is 27.5 Å². The van der Waals surface area contributed by atoms with Crippen molar-refractivity contribution in [3.8, 4) is 5.75 Å². The van der Waals surface area contributed by atoms with E-state index >= 15 is 0 Å². The summed E-state index contributed by atoms with van der Waals surface area (Å²) < 4.78 is 32.7. The number of methoxy groups -OCH3 is 1. The van der Waals surface area contributed by atoms with Crippen molar-refractivity contribution in [3.63, 3.8) is 0 Å². The molecule has 7 heteroatoms. The van der Waals surface area contributed by atoms with Gasteiger partial charge in [0.05, 0.1) is 17.7 Å². The van der Waals surface area contributed by atoms with Crippen LogP contribution in [0.25, 0.3) is 0 Å². The molecule has 0 aromatic heterocycles. The number of anilines is 1. The van der Waals surface area contributed by atoms with E-state index in [0.717, 1.165) is 6.42 Å². The first kappa shape index (κ1) is 18.8. The number of rotatable bonds is 7. The summed E-state index contributed by atoms with van der Waals surface area (Å²) in [6.45, 7) is 3.89. The summed E-state index contributed by atoms with van der Waals surface area (Å²) in [5.74, 6) is 0.201. The largest absolute Gasteiger partial charge is 0.495 e. The fourth-order valence-corrected chi connectivity index (χ4v) is 3.20. The molecule has 0 saturated carbocycles. The second-order valence-corrected chi connectivity index (χ2v) is 7.30. The molecule has 2 rings (SSSR count). The first-order valence-corrected chi connectivity index (χ1v) is 9.42. The number of nitrogens with one attached hydrogen (secondary N) is 2. The average molecular weight is 362 g/mol. The molecule has 25 heavy (non-hydrogen) atoms. The Bertz CT molecular complexity index is 832. The van der Waals surface area contributed by atoms with Gasteiger partial charge in [0.2, 0.25) is 0 Å². The van der Waals surface area contributed by atoms with Crippen LogP contribution >= 0.6 is 0 Å². The maximum absolute atomic E-state index is 12.5. The third-order valence-electron chi connectivity index (χ3n) is 3.77. The van der Waals surface area contributed by atoms with Crippen molar-refractivity contribution in [1.82, 2.24) is 5.32 Å². The predicted octanol–water partition coefficient (Wildman–Crippen LogP) is 3.02. The topological polar surface area (TPSA) is 84.5 Å². The number of amides is 1. The number of carbonyl (C=O) groups is 1. The van der Waals surface area contributed by atoms with Gasteiger partial charge < -0.3 is 10.1 Å². The van der Waals surface area contributed by atoms with Crippen molar-refractivity contribution >= 4 is 21.6 Å². The lowest BCUT2D eigenvalue weighted by atomic mass is 10.2. The normalized spacial score (nSPS) is 12.3. The second kappa shape index (κ2) is 8.02. The Morgan fingerprint density at radius 2 is 1.76 bits per heavy atom. The van der Waals surface area contributed by atoms with E-state index in [0.29, 0.717) is 17.0 Å². The number of carbonyl (C=O) groups excluding carboxylic acids is 1. The lowest BCUT2D eigenvalue weighted by molar-refractivity contribution is 0.0939. The molecule has 0 spiro atoms. The van der Waals surface area contributed by atoms with Crippen LogP contribution in [0.2, 0.25) is 0 Å². The van der Waals surface area contributed by atoms with Gasteiger partial charge in [0.25, 0.3) is 15.9 Å². The molecule has 1 atom stereocenters. The summed E-state index contributed by atoms with van der Waals surface area (Å²) >= 11 is 0. The van der Waals surface area contributed by atoms with Gasteiger partial charge in [-0.05, 0) is 49.7 Å². The SMILES string of the molecule is CCC(C)NC(=O)c1ccc(S(=O)(=O)Nc2ccccc2OC)cc1. The highest BCUT2D eigenvalue weighted by Gasteiger charge is 2.17. The van der Waals surface area contributed by atoms with Gasteiger partial charge in [-0.3, -0.25) is 9.52 Å². The zero-order chi connectivity index (χ0) is 18.4. The van der Waals surface area contributed by atoms with Crippen LogP contribution in [0.1, 0.15) is 30.6 Å². The van der Waals surface area contributed by atoms with Gasteiger partial charge in [-0.15, -0.1) is 0 Å². The monoisotopic (exact) mass is 362 g/mol. The molecule has 6 nitrogen and oxygen atoms in total. The lowest BCUT2D eigenvalue weighted by Gasteiger charge is -2.13. The van der Waals surface area contributed by atoms with Crippen molar-refractivity contribution in [1.29, 1.82) is 0 Å². The minimum absolute atomic E-state index is 0.0584. The van der Waals surface area contributed by atoms with Gasteiger partial charge in [-0.1, -0.05) is 19.1 Å². The van der Waals surface area contributed by atoms with E-state index < -0.39 is 10.0 Å². The maximum Gasteiger partial charge on any atom is 0.262 e. The molecular weight excluding hydrogens is 340 g/mol.